The molecule has 1 amide bonds. The van der Waals surface area contributed by atoms with Gasteiger partial charge in [-0.15, -0.1) is 5.92 Å². The van der Waals surface area contributed by atoms with Gasteiger partial charge in [0.05, 0.1) is 12.1 Å². The van der Waals surface area contributed by atoms with E-state index in [0.717, 1.165) is 35.2 Å². The second kappa shape index (κ2) is 10.3. The van der Waals surface area contributed by atoms with Gasteiger partial charge in [0.2, 0.25) is 0 Å². The summed E-state index contributed by atoms with van der Waals surface area (Å²) >= 11 is 0. The molecule has 0 bridgehead atoms. The van der Waals surface area contributed by atoms with Crippen LogP contribution in [0.3, 0.4) is 0 Å². The Labute approximate surface area is 172 Å². The van der Waals surface area contributed by atoms with Crippen molar-refractivity contribution in [1.82, 2.24) is 4.98 Å². The van der Waals surface area contributed by atoms with Gasteiger partial charge in [-0.1, -0.05) is 31.4 Å². The molecule has 0 aliphatic heterocycles. The molecule has 0 saturated heterocycles. The summed E-state index contributed by atoms with van der Waals surface area (Å²) < 4.78 is 5.75. The molecule has 29 heavy (non-hydrogen) atoms. The number of unbranched alkanes of at least 4 members (excludes halogenated alkanes) is 2. The fourth-order valence-corrected chi connectivity index (χ4v) is 2.90. The second-order valence-electron chi connectivity index (χ2n) is 6.90. The number of carbonyl (C=O) groups excluding carboxylic acids is 1. The van der Waals surface area contributed by atoms with Crippen molar-refractivity contribution in [2.75, 3.05) is 11.9 Å². The Morgan fingerprint density at radius 1 is 1.07 bits per heavy atom. The summed E-state index contributed by atoms with van der Waals surface area (Å²) in [5, 5.41) is 3.88. The van der Waals surface area contributed by atoms with Crippen molar-refractivity contribution in [3.8, 4) is 17.6 Å². The summed E-state index contributed by atoms with van der Waals surface area (Å²) in [6.07, 6.45) is 3.95. The van der Waals surface area contributed by atoms with Crippen LogP contribution in [-0.2, 0) is 0 Å². The standard InChI is InChI=1S/C25H26N2O2/c1-3-4-5-6-7-8-16-29-23-11-9-10-22(18-23)27-25(28)21-14-15-24-20(17-21)13-12-19(2)26-24/h9-15,17-18H,3-5,8,16H2,1-2H3,(H,27,28). The van der Waals surface area contributed by atoms with Gasteiger partial charge < -0.3 is 10.1 Å². The van der Waals surface area contributed by atoms with Crippen LogP contribution in [-0.4, -0.2) is 17.5 Å². The SMILES string of the molecule is CCCCC#CCCOc1cccc(NC(=O)c2ccc3nc(C)ccc3c2)c1. The molecule has 0 spiro atoms. The third-order valence-electron chi connectivity index (χ3n) is 4.46. The fraction of sp³-hybridized carbons (Fsp3) is 0.280. The maximum absolute atomic E-state index is 12.6. The van der Waals surface area contributed by atoms with E-state index in [1.807, 2.05) is 55.5 Å². The van der Waals surface area contributed by atoms with Crippen LogP contribution in [0.15, 0.2) is 54.6 Å². The van der Waals surface area contributed by atoms with Gasteiger partial charge in [0.15, 0.2) is 0 Å². The lowest BCUT2D eigenvalue weighted by Gasteiger charge is -2.09. The van der Waals surface area contributed by atoms with E-state index in [0.29, 0.717) is 24.3 Å². The van der Waals surface area contributed by atoms with Crippen molar-refractivity contribution in [2.45, 2.75) is 39.5 Å². The van der Waals surface area contributed by atoms with E-state index in [2.05, 4.69) is 29.1 Å². The molecule has 0 aliphatic carbocycles. The number of carbonyl (C=O) groups is 1. The Bertz CT molecular complexity index is 1050. The highest BCUT2D eigenvalue weighted by atomic mass is 16.5. The molecule has 148 valence electrons. The van der Waals surface area contributed by atoms with Gasteiger partial charge >= 0.3 is 0 Å². The largest absolute Gasteiger partial charge is 0.493 e. The smallest absolute Gasteiger partial charge is 0.255 e. The number of amides is 1. The van der Waals surface area contributed by atoms with Crippen molar-refractivity contribution in [1.29, 1.82) is 0 Å². The van der Waals surface area contributed by atoms with Crippen molar-refractivity contribution < 1.29 is 9.53 Å². The highest BCUT2D eigenvalue weighted by Crippen LogP contribution is 2.20. The highest BCUT2D eigenvalue weighted by Gasteiger charge is 2.08. The Kier molecular flexibility index (Phi) is 7.24. The molecular weight excluding hydrogens is 360 g/mol. The molecule has 0 atom stereocenters. The molecule has 0 unspecified atom stereocenters. The molecule has 1 aromatic heterocycles. The van der Waals surface area contributed by atoms with Crippen molar-refractivity contribution in [2.24, 2.45) is 0 Å². The van der Waals surface area contributed by atoms with Crippen molar-refractivity contribution in [3.05, 3.63) is 65.9 Å². The van der Waals surface area contributed by atoms with Crippen LogP contribution in [0, 0.1) is 18.8 Å². The number of ether oxygens (including phenoxy) is 1. The number of benzene rings is 2. The normalized spacial score (nSPS) is 10.3. The number of hydrogen-bond donors (Lipinski definition) is 1. The minimum Gasteiger partial charge on any atom is -0.493 e. The minimum absolute atomic E-state index is 0.161. The fourth-order valence-electron chi connectivity index (χ4n) is 2.90. The number of fused-ring (bicyclic) bond motifs is 1. The summed E-state index contributed by atoms with van der Waals surface area (Å²) in [4.78, 5) is 17.1. The lowest BCUT2D eigenvalue weighted by atomic mass is 10.1. The molecule has 0 radical (unpaired) electrons. The van der Waals surface area contributed by atoms with Crippen LogP contribution < -0.4 is 10.1 Å². The topological polar surface area (TPSA) is 51.2 Å². The van der Waals surface area contributed by atoms with Crippen LogP contribution in [0.25, 0.3) is 10.9 Å². The Balaban J connectivity index is 1.58. The zero-order valence-electron chi connectivity index (χ0n) is 17.0. The van der Waals surface area contributed by atoms with Crippen LogP contribution in [0.4, 0.5) is 5.69 Å². The number of nitrogens with one attached hydrogen (secondary N) is 1. The van der Waals surface area contributed by atoms with Crippen molar-refractivity contribution in [3.63, 3.8) is 0 Å². The highest BCUT2D eigenvalue weighted by molar-refractivity contribution is 6.06. The number of aryl methyl sites for hydroxylation is 1. The van der Waals surface area contributed by atoms with E-state index in [1.54, 1.807) is 6.07 Å². The average Bonchev–Trinajstić information content (AvgIpc) is 2.73. The molecular formula is C25H26N2O2. The van der Waals surface area contributed by atoms with E-state index in [1.165, 1.54) is 6.42 Å². The molecule has 1 heterocycles. The lowest BCUT2D eigenvalue weighted by Crippen LogP contribution is -2.12. The number of rotatable bonds is 7. The zero-order chi connectivity index (χ0) is 20.5. The molecule has 4 heteroatoms. The third kappa shape index (κ3) is 6.08. The molecule has 4 nitrogen and oxygen atoms in total. The predicted molar refractivity (Wildman–Crippen MR) is 118 cm³/mol. The molecule has 1 N–H and O–H groups in total. The molecule has 0 fully saturated rings. The summed E-state index contributed by atoms with van der Waals surface area (Å²) in [5.74, 6) is 6.84. The molecule has 3 aromatic rings. The van der Waals surface area contributed by atoms with E-state index in [9.17, 15) is 4.79 Å². The second-order valence-corrected chi connectivity index (χ2v) is 6.90. The maximum Gasteiger partial charge on any atom is 0.255 e. The van der Waals surface area contributed by atoms with Crippen LogP contribution >= 0.6 is 0 Å². The van der Waals surface area contributed by atoms with Crippen LogP contribution in [0.1, 0.15) is 48.7 Å². The van der Waals surface area contributed by atoms with Crippen molar-refractivity contribution >= 4 is 22.5 Å². The first-order chi connectivity index (χ1) is 14.2. The van der Waals surface area contributed by atoms with Gasteiger partial charge in [0.25, 0.3) is 5.91 Å². The van der Waals surface area contributed by atoms with Gasteiger partial charge in [-0.25, -0.2) is 0 Å². The third-order valence-corrected chi connectivity index (χ3v) is 4.46. The van der Waals surface area contributed by atoms with Crippen LogP contribution in [0.5, 0.6) is 5.75 Å². The quantitative estimate of drug-likeness (QED) is 0.415. The Hall–Kier alpha value is -3.32. The summed E-state index contributed by atoms with van der Waals surface area (Å²) in [7, 11) is 0. The molecule has 3 rings (SSSR count). The van der Waals surface area contributed by atoms with Gasteiger partial charge in [-0.05, 0) is 49.7 Å². The number of anilines is 1. The number of pyridine rings is 1. The summed E-state index contributed by atoms with van der Waals surface area (Å²) in [5.41, 5.74) is 3.13. The molecule has 0 saturated carbocycles. The first kappa shape index (κ1) is 20.4. The van der Waals surface area contributed by atoms with Gasteiger partial charge in [0, 0.05) is 41.2 Å². The monoisotopic (exact) mass is 386 g/mol. The predicted octanol–water partition coefficient (Wildman–Crippen LogP) is 5.76. The van der Waals surface area contributed by atoms with Crippen LogP contribution in [0.2, 0.25) is 0 Å². The first-order valence-electron chi connectivity index (χ1n) is 10.0. The van der Waals surface area contributed by atoms with E-state index in [4.69, 9.17) is 4.74 Å². The van der Waals surface area contributed by atoms with Gasteiger partial charge in [-0.3, -0.25) is 9.78 Å². The minimum atomic E-state index is -0.161. The Morgan fingerprint density at radius 3 is 2.79 bits per heavy atom. The summed E-state index contributed by atoms with van der Waals surface area (Å²) in [6.45, 7) is 4.65. The summed E-state index contributed by atoms with van der Waals surface area (Å²) in [6, 6.07) is 16.9. The van der Waals surface area contributed by atoms with Gasteiger partial charge in [-0.2, -0.15) is 0 Å². The number of hydrogen-bond acceptors (Lipinski definition) is 3. The number of nitrogens with zero attached hydrogens (tertiary/aromatic N) is 1. The maximum atomic E-state index is 12.6. The van der Waals surface area contributed by atoms with Gasteiger partial charge in [0.1, 0.15) is 5.75 Å². The van der Waals surface area contributed by atoms with E-state index >= 15 is 0 Å². The van der Waals surface area contributed by atoms with E-state index in [-0.39, 0.29) is 5.91 Å². The zero-order valence-corrected chi connectivity index (χ0v) is 17.0. The van der Waals surface area contributed by atoms with E-state index < -0.39 is 0 Å². The molecule has 2 aromatic carbocycles. The first-order valence-corrected chi connectivity index (χ1v) is 10.0. The molecule has 0 aliphatic rings. The lowest BCUT2D eigenvalue weighted by molar-refractivity contribution is 0.102. The Morgan fingerprint density at radius 2 is 1.93 bits per heavy atom. The average molecular weight is 386 g/mol. The number of aromatic nitrogens is 1.